The molecule has 0 unspecified atom stereocenters. The van der Waals surface area contributed by atoms with Gasteiger partial charge in [-0.3, -0.25) is 4.79 Å². The lowest BCUT2D eigenvalue weighted by molar-refractivity contribution is 0.101. The molecule has 1 aliphatic rings. The number of halogens is 1. The Labute approximate surface area is 164 Å². The Morgan fingerprint density at radius 2 is 2.00 bits per heavy atom. The monoisotopic (exact) mass is 407 g/mol. The molecule has 2 aromatic heterocycles. The van der Waals surface area contributed by atoms with Crippen molar-refractivity contribution >= 4 is 27.0 Å². The predicted molar refractivity (Wildman–Crippen MR) is 108 cm³/mol. The molecule has 8 heteroatoms. The van der Waals surface area contributed by atoms with Crippen molar-refractivity contribution in [1.29, 1.82) is 0 Å². The normalized spacial score (nSPS) is 15.7. The van der Waals surface area contributed by atoms with Crippen molar-refractivity contribution in [2.45, 2.75) is 45.4 Å². The molecule has 1 saturated carbocycles. The minimum absolute atomic E-state index is 0.0162. The second-order valence-electron chi connectivity index (χ2n) is 7.62. The van der Waals surface area contributed by atoms with E-state index < -0.39 is 21.4 Å². The Bertz CT molecular complexity index is 1020. The standard InChI is InChI=1S/C20H26FN3O3S/c1-13(15-7-5-4-6-8-15)22-17-12-24-11-16(9-10-28(3,26)27)23-20(24)19(21)18(17)14(2)25/h11-12,15,22H,1,4-10H2,2-3H3. The van der Waals surface area contributed by atoms with E-state index in [4.69, 9.17) is 0 Å². The number of aryl methyl sites for hydroxylation is 1. The first kappa shape index (κ1) is 20.5. The number of hydrogen-bond acceptors (Lipinski definition) is 5. The maximum atomic E-state index is 15.1. The molecular weight excluding hydrogens is 381 g/mol. The second kappa shape index (κ2) is 8.03. The molecule has 0 amide bonds. The average Bonchev–Trinajstić information content (AvgIpc) is 3.03. The summed E-state index contributed by atoms with van der Waals surface area (Å²) in [5.41, 5.74) is 1.58. The number of carbonyl (C=O) groups is 1. The summed E-state index contributed by atoms with van der Waals surface area (Å²) in [6, 6.07) is 0. The van der Waals surface area contributed by atoms with Crippen molar-refractivity contribution in [2.24, 2.45) is 5.92 Å². The zero-order valence-corrected chi connectivity index (χ0v) is 17.1. The van der Waals surface area contributed by atoms with Gasteiger partial charge in [0.1, 0.15) is 9.84 Å². The lowest BCUT2D eigenvalue weighted by Gasteiger charge is -2.25. The molecule has 0 aliphatic heterocycles. The number of nitrogens with one attached hydrogen (secondary N) is 1. The number of ketones is 1. The van der Waals surface area contributed by atoms with Crippen LogP contribution in [0.25, 0.3) is 5.65 Å². The van der Waals surface area contributed by atoms with Gasteiger partial charge >= 0.3 is 0 Å². The Hall–Kier alpha value is -2.22. The largest absolute Gasteiger partial charge is 0.357 e. The first-order chi connectivity index (χ1) is 13.2. The van der Waals surface area contributed by atoms with Crippen molar-refractivity contribution in [1.82, 2.24) is 9.38 Å². The van der Waals surface area contributed by atoms with Gasteiger partial charge in [0.15, 0.2) is 17.2 Å². The molecule has 152 valence electrons. The molecule has 0 radical (unpaired) electrons. The van der Waals surface area contributed by atoms with Crippen LogP contribution in [0.15, 0.2) is 24.7 Å². The van der Waals surface area contributed by atoms with Crippen LogP contribution in [-0.2, 0) is 16.3 Å². The number of carbonyl (C=O) groups excluding carboxylic acids is 1. The van der Waals surface area contributed by atoms with E-state index in [1.165, 1.54) is 17.7 Å². The molecular formula is C20H26FN3O3S. The van der Waals surface area contributed by atoms with Crippen LogP contribution >= 0.6 is 0 Å². The van der Waals surface area contributed by atoms with E-state index in [-0.39, 0.29) is 23.4 Å². The Morgan fingerprint density at radius 3 is 2.61 bits per heavy atom. The summed E-state index contributed by atoms with van der Waals surface area (Å²) in [5, 5.41) is 3.16. The number of imidazole rings is 1. The second-order valence-corrected chi connectivity index (χ2v) is 9.88. The summed E-state index contributed by atoms with van der Waals surface area (Å²) in [7, 11) is -3.15. The summed E-state index contributed by atoms with van der Waals surface area (Å²) < 4.78 is 39.3. The number of rotatable bonds is 7. The van der Waals surface area contributed by atoms with Crippen LogP contribution in [0.4, 0.5) is 10.1 Å². The van der Waals surface area contributed by atoms with Gasteiger partial charge < -0.3 is 9.72 Å². The highest BCUT2D eigenvalue weighted by atomic mass is 32.2. The summed E-state index contributed by atoms with van der Waals surface area (Å²) in [6.07, 6.45) is 10.1. The van der Waals surface area contributed by atoms with E-state index in [2.05, 4.69) is 16.9 Å². The Morgan fingerprint density at radius 1 is 1.32 bits per heavy atom. The number of hydrogen-bond donors (Lipinski definition) is 1. The van der Waals surface area contributed by atoms with E-state index in [0.717, 1.165) is 37.6 Å². The van der Waals surface area contributed by atoms with Gasteiger partial charge in [0.05, 0.1) is 22.7 Å². The quantitative estimate of drug-likeness (QED) is 0.707. The van der Waals surface area contributed by atoms with E-state index in [0.29, 0.717) is 17.3 Å². The van der Waals surface area contributed by atoms with Crippen molar-refractivity contribution in [3.05, 3.63) is 41.7 Å². The molecule has 0 saturated heterocycles. The summed E-state index contributed by atoms with van der Waals surface area (Å²) in [4.78, 5) is 16.3. The predicted octanol–water partition coefficient (Wildman–Crippen LogP) is 3.77. The van der Waals surface area contributed by atoms with Crippen molar-refractivity contribution in [3.63, 3.8) is 0 Å². The van der Waals surface area contributed by atoms with Crippen LogP contribution in [0, 0.1) is 11.7 Å². The number of anilines is 1. The highest BCUT2D eigenvalue weighted by molar-refractivity contribution is 7.90. The van der Waals surface area contributed by atoms with Crippen LogP contribution in [0.3, 0.4) is 0 Å². The number of fused-ring (bicyclic) bond motifs is 1. The molecule has 1 aliphatic carbocycles. The SMILES string of the molecule is C=C(Nc1cn2cc(CCS(C)(=O)=O)nc2c(F)c1C(C)=O)C1CCCCC1. The number of allylic oxidation sites excluding steroid dienone is 1. The molecule has 3 rings (SSSR count). The molecule has 0 bridgehead atoms. The number of pyridine rings is 1. The minimum Gasteiger partial charge on any atom is -0.357 e. The Balaban J connectivity index is 1.95. The number of sulfone groups is 1. The summed E-state index contributed by atoms with van der Waals surface area (Å²) >= 11 is 0. The fraction of sp³-hybridized carbons (Fsp3) is 0.500. The van der Waals surface area contributed by atoms with Crippen LogP contribution in [-0.4, -0.2) is 35.6 Å². The van der Waals surface area contributed by atoms with E-state index >= 15 is 4.39 Å². The van der Waals surface area contributed by atoms with Gasteiger partial charge in [-0.2, -0.15) is 0 Å². The number of aromatic nitrogens is 2. The molecule has 1 fully saturated rings. The smallest absolute Gasteiger partial charge is 0.179 e. The minimum atomic E-state index is -3.15. The third-order valence-corrected chi connectivity index (χ3v) is 6.16. The van der Waals surface area contributed by atoms with E-state index in [1.54, 1.807) is 12.4 Å². The maximum absolute atomic E-state index is 15.1. The van der Waals surface area contributed by atoms with Gasteiger partial charge in [-0.25, -0.2) is 17.8 Å². The third kappa shape index (κ3) is 4.60. The molecule has 2 heterocycles. The number of nitrogens with zero attached hydrogens (tertiary/aromatic N) is 2. The third-order valence-electron chi connectivity index (χ3n) is 5.21. The van der Waals surface area contributed by atoms with Crippen LogP contribution in [0.2, 0.25) is 0 Å². The van der Waals surface area contributed by atoms with Gasteiger partial charge in [0.25, 0.3) is 0 Å². The summed E-state index contributed by atoms with van der Waals surface area (Å²) in [6.45, 7) is 5.43. The molecule has 0 spiro atoms. The van der Waals surface area contributed by atoms with Crippen molar-refractivity contribution in [2.75, 3.05) is 17.3 Å². The molecule has 2 aromatic rings. The van der Waals surface area contributed by atoms with Crippen LogP contribution < -0.4 is 5.32 Å². The summed E-state index contributed by atoms with van der Waals surface area (Å²) in [5.74, 6) is -0.874. The average molecular weight is 408 g/mol. The van der Waals surface area contributed by atoms with Gasteiger partial charge in [-0.15, -0.1) is 0 Å². The molecule has 28 heavy (non-hydrogen) atoms. The fourth-order valence-electron chi connectivity index (χ4n) is 3.71. The van der Waals surface area contributed by atoms with E-state index in [1.807, 2.05) is 0 Å². The van der Waals surface area contributed by atoms with Gasteiger partial charge in [-0.05, 0) is 25.7 Å². The lowest BCUT2D eigenvalue weighted by Crippen LogP contribution is -2.16. The topological polar surface area (TPSA) is 80.5 Å². The fourth-order valence-corrected chi connectivity index (χ4v) is 4.29. The van der Waals surface area contributed by atoms with E-state index in [9.17, 15) is 13.2 Å². The maximum Gasteiger partial charge on any atom is 0.179 e. The van der Waals surface area contributed by atoms with Crippen LogP contribution in [0.5, 0.6) is 0 Å². The first-order valence-electron chi connectivity index (χ1n) is 9.50. The zero-order chi connectivity index (χ0) is 20.5. The Kier molecular flexibility index (Phi) is 5.88. The van der Waals surface area contributed by atoms with Gasteiger partial charge in [-0.1, -0.05) is 25.8 Å². The highest BCUT2D eigenvalue weighted by Gasteiger charge is 2.23. The number of Topliss-reactive ketones (excluding diaryl/α,β-unsaturated/α-hetero) is 1. The zero-order valence-electron chi connectivity index (χ0n) is 16.3. The van der Waals surface area contributed by atoms with Crippen LogP contribution in [0.1, 0.15) is 55.1 Å². The van der Waals surface area contributed by atoms with Crippen molar-refractivity contribution in [3.8, 4) is 0 Å². The van der Waals surface area contributed by atoms with Crippen molar-refractivity contribution < 1.29 is 17.6 Å². The molecule has 0 atom stereocenters. The van der Waals surface area contributed by atoms with Gasteiger partial charge in [0.2, 0.25) is 0 Å². The molecule has 1 N–H and O–H groups in total. The molecule has 6 nitrogen and oxygen atoms in total. The first-order valence-corrected chi connectivity index (χ1v) is 11.6. The highest BCUT2D eigenvalue weighted by Crippen LogP contribution is 2.31. The molecule has 0 aromatic carbocycles. The lowest BCUT2D eigenvalue weighted by atomic mass is 9.87. The van der Waals surface area contributed by atoms with Gasteiger partial charge in [0, 0.05) is 30.8 Å².